The summed E-state index contributed by atoms with van der Waals surface area (Å²) >= 11 is 0. The first kappa shape index (κ1) is 20.9. The van der Waals surface area contributed by atoms with Crippen molar-refractivity contribution in [2.24, 2.45) is 0 Å². The van der Waals surface area contributed by atoms with E-state index in [-0.39, 0.29) is 5.56 Å². The van der Waals surface area contributed by atoms with Gasteiger partial charge in [-0.3, -0.25) is 4.79 Å². The highest BCUT2D eigenvalue weighted by Gasteiger charge is 2.15. The van der Waals surface area contributed by atoms with Crippen molar-refractivity contribution in [3.05, 3.63) is 42.0 Å². The van der Waals surface area contributed by atoms with E-state index in [9.17, 15) is 9.59 Å². The smallest absolute Gasteiger partial charge is 0.338 e. The van der Waals surface area contributed by atoms with E-state index in [2.05, 4.69) is 5.32 Å². The number of methoxy groups -OCH3 is 3. The van der Waals surface area contributed by atoms with Gasteiger partial charge in [0.1, 0.15) is 11.5 Å². The molecule has 150 valence electrons. The topological polar surface area (TPSA) is 92.3 Å². The first-order valence-corrected chi connectivity index (χ1v) is 8.52. The fraction of sp³-hybridized carbons (Fsp3) is 0.300. The number of anilines is 1. The van der Waals surface area contributed by atoms with Gasteiger partial charge in [0.25, 0.3) is 5.91 Å². The normalized spacial score (nSPS) is 10.0. The van der Waals surface area contributed by atoms with Gasteiger partial charge in [-0.05, 0) is 37.3 Å². The van der Waals surface area contributed by atoms with Crippen molar-refractivity contribution < 1.29 is 33.3 Å². The molecule has 8 nitrogen and oxygen atoms in total. The van der Waals surface area contributed by atoms with E-state index in [1.807, 2.05) is 6.92 Å². The lowest BCUT2D eigenvalue weighted by molar-refractivity contribution is -0.119. The molecule has 0 saturated carbocycles. The second kappa shape index (κ2) is 10.1. The Balaban J connectivity index is 2.01. The van der Waals surface area contributed by atoms with Crippen LogP contribution in [0.2, 0.25) is 0 Å². The summed E-state index contributed by atoms with van der Waals surface area (Å²) in [5, 5.41) is 2.63. The van der Waals surface area contributed by atoms with Crippen molar-refractivity contribution in [3.8, 4) is 23.0 Å². The molecule has 0 heterocycles. The Morgan fingerprint density at radius 3 is 2.25 bits per heavy atom. The summed E-state index contributed by atoms with van der Waals surface area (Å²) < 4.78 is 26.0. The Kier molecular flexibility index (Phi) is 7.50. The number of hydrogen-bond acceptors (Lipinski definition) is 7. The van der Waals surface area contributed by atoms with Crippen molar-refractivity contribution in [3.63, 3.8) is 0 Å². The molecule has 0 bridgehead atoms. The van der Waals surface area contributed by atoms with E-state index < -0.39 is 18.5 Å². The van der Waals surface area contributed by atoms with Crippen molar-refractivity contribution >= 4 is 17.6 Å². The van der Waals surface area contributed by atoms with E-state index in [1.54, 1.807) is 24.3 Å². The average molecular weight is 389 g/mol. The molecule has 1 N–H and O–H groups in total. The van der Waals surface area contributed by atoms with Gasteiger partial charge in [-0.25, -0.2) is 4.79 Å². The molecule has 0 aliphatic rings. The molecule has 0 unspecified atom stereocenters. The van der Waals surface area contributed by atoms with Gasteiger partial charge in [0.15, 0.2) is 18.1 Å². The molecule has 28 heavy (non-hydrogen) atoms. The van der Waals surface area contributed by atoms with Crippen LogP contribution in [0.1, 0.15) is 17.3 Å². The second-order valence-corrected chi connectivity index (χ2v) is 5.49. The number of esters is 1. The quantitative estimate of drug-likeness (QED) is 0.659. The summed E-state index contributed by atoms with van der Waals surface area (Å²) in [5.74, 6) is 0.757. The van der Waals surface area contributed by atoms with Crippen LogP contribution < -0.4 is 24.3 Å². The molecule has 0 aromatic heterocycles. The van der Waals surface area contributed by atoms with Crippen LogP contribution in [-0.2, 0) is 9.53 Å². The lowest BCUT2D eigenvalue weighted by Crippen LogP contribution is -2.21. The van der Waals surface area contributed by atoms with Crippen LogP contribution >= 0.6 is 0 Å². The van der Waals surface area contributed by atoms with Gasteiger partial charge in [0, 0.05) is 6.07 Å². The Bertz CT molecular complexity index is 835. The molecule has 8 heteroatoms. The first-order valence-electron chi connectivity index (χ1n) is 8.52. The molecule has 0 fully saturated rings. The maximum Gasteiger partial charge on any atom is 0.338 e. The van der Waals surface area contributed by atoms with Gasteiger partial charge < -0.3 is 29.0 Å². The number of benzene rings is 2. The second-order valence-electron chi connectivity index (χ2n) is 5.49. The summed E-state index contributed by atoms with van der Waals surface area (Å²) in [6.45, 7) is 1.77. The third-order valence-corrected chi connectivity index (χ3v) is 3.71. The molecule has 2 rings (SSSR count). The Morgan fingerprint density at radius 2 is 1.61 bits per heavy atom. The number of hydrogen-bond donors (Lipinski definition) is 1. The summed E-state index contributed by atoms with van der Waals surface area (Å²) in [5.41, 5.74) is 0.655. The Hall–Kier alpha value is -3.42. The molecule has 2 aromatic carbocycles. The summed E-state index contributed by atoms with van der Waals surface area (Å²) in [6.07, 6.45) is 0. The minimum atomic E-state index is -0.656. The third-order valence-electron chi connectivity index (χ3n) is 3.71. The number of amides is 1. The van der Waals surface area contributed by atoms with Crippen molar-refractivity contribution in [2.45, 2.75) is 6.92 Å². The van der Waals surface area contributed by atoms with Crippen LogP contribution in [0.5, 0.6) is 23.0 Å². The van der Waals surface area contributed by atoms with Gasteiger partial charge >= 0.3 is 5.97 Å². The zero-order valence-corrected chi connectivity index (χ0v) is 16.2. The fourth-order valence-corrected chi connectivity index (χ4v) is 2.38. The van der Waals surface area contributed by atoms with Crippen LogP contribution in [0, 0.1) is 0 Å². The molecule has 0 saturated heterocycles. The maximum absolute atomic E-state index is 12.2. The summed E-state index contributed by atoms with van der Waals surface area (Å²) in [4.78, 5) is 24.4. The number of rotatable bonds is 9. The zero-order valence-electron chi connectivity index (χ0n) is 16.2. The van der Waals surface area contributed by atoms with Crippen molar-refractivity contribution in [2.75, 3.05) is 39.9 Å². The van der Waals surface area contributed by atoms with Gasteiger partial charge in [-0.15, -0.1) is 0 Å². The highest BCUT2D eigenvalue weighted by Crippen LogP contribution is 2.29. The van der Waals surface area contributed by atoms with E-state index in [0.29, 0.717) is 35.3 Å². The van der Waals surface area contributed by atoms with Crippen LogP contribution in [0.15, 0.2) is 36.4 Å². The van der Waals surface area contributed by atoms with E-state index >= 15 is 0 Å². The lowest BCUT2D eigenvalue weighted by Gasteiger charge is -2.12. The SMILES string of the molecule is CCOc1cc(C(=O)OCC(=O)Nc2cc(OC)ccc2OC)ccc1OC. The molecular weight excluding hydrogens is 366 g/mol. The fourth-order valence-electron chi connectivity index (χ4n) is 2.38. The van der Waals surface area contributed by atoms with Crippen LogP contribution in [0.4, 0.5) is 5.69 Å². The summed E-state index contributed by atoms with van der Waals surface area (Å²) in [6, 6.07) is 9.61. The van der Waals surface area contributed by atoms with Gasteiger partial charge in [0.2, 0.25) is 0 Å². The number of ether oxygens (including phenoxy) is 5. The number of carbonyl (C=O) groups excluding carboxylic acids is 2. The van der Waals surface area contributed by atoms with Gasteiger partial charge in [0.05, 0.1) is 39.2 Å². The van der Waals surface area contributed by atoms with Crippen LogP contribution in [0.3, 0.4) is 0 Å². The molecule has 1 amide bonds. The minimum absolute atomic E-state index is 0.246. The number of nitrogens with one attached hydrogen (secondary N) is 1. The molecule has 2 aromatic rings. The minimum Gasteiger partial charge on any atom is -0.497 e. The van der Waals surface area contributed by atoms with Crippen LogP contribution in [-0.4, -0.2) is 46.4 Å². The molecular formula is C20H23NO7. The molecule has 0 radical (unpaired) electrons. The van der Waals surface area contributed by atoms with Gasteiger partial charge in [-0.2, -0.15) is 0 Å². The lowest BCUT2D eigenvalue weighted by atomic mass is 10.2. The van der Waals surface area contributed by atoms with E-state index in [1.165, 1.54) is 33.5 Å². The highest BCUT2D eigenvalue weighted by molar-refractivity contribution is 5.96. The standard InChI is InChI=1S/C20H23NO7/c1-5-27-18-10-13(6-8-17(18)26-4)20(23)28-12-19(22)21-15-11-14(24-2)7-9-16(15)25-3/h6-11H,5,12H2,1-4H3,(H,21,22). The maximum atomic E-state index is 12.2. The zero-order chi connectivity index (χ0) is 20.5. The van der Waals surface area contributed by atoms with E-state index in [0.717, 1.165) is 0 Å². The average Bonchev–Trinajstić information content (AvgIpc) is 2.72. The molecule has 0 aliphatic carbocycles. The highest BCUT2D eigenvalue weighted by atomic mass is 16.5. The molecule has 0 aliphatic heterocycles. The third kappa shape index (κ3) is 5.29. The van der Waals surface area contributed by atoms with Crippen molar-refractivity contribution in [1.29, 1.82) is 0 Å². The predicted octanol–water partition coefficient (Wildman–Crippen LogP) is 2.91. The van der Waals surface area contributed by atoms with Crippen LogP contribution in [0.25, 0.3) is 0 Å². The number of carbonyl (C=O) groups is 2. The Morgan fingerprint density at radius 1 is 0.893 bits per heavy atom. The largest absolute Gasteiger partial charge is 0.497 e. The predicted molar refractivity (Wildman–Crippen MR) is 103 cm³/mol. The Labute approximate surface area is 163 Å². The molecule has 0 atom stereocenters. The van der Waals surface area contributed by atoms with E-state index in [4.69, 9.17) is 23.7 Å². The molecule has 0 spiro atoms. The summed E-state index contributed by atoms with van der Waals surface area (Å²) in [7, 11) is 4.50. The first-order chi connectivity index (χ1) is 13.5. The monoisotopic (exact) mass is 389 g/mol. The van der Waals surface area contributed by atoms with Crippen molar-refractivity contribution in [1.82, 2.24) is 0 Å². The van der Waals surface area contributed by atoms with Gasteiger partial charge in [-0.1, -0.05) is 0 Å².